The maximum absolute atomic E-state index is 11.7. The minimum atomic E-state index is -0.422. The number of para-hydroxylation sites is 2. The number of nitrogens with zero attached hydrogens (tertiary/aromatic N) is 3. The molecule has 5 nitrogen and oxygen atoms in total. The van der Waals surface area contributed by atoms with E-state index in [-0.39, 0.29) is 5.92 Å². The second-order valence-corrected chi connectivity index (χ2v) is 4.41. The molecule has 0 saturated carbocycles. The number of benzene rings is 1. The molecule has 0 aliphatic carbocycles. The van der Waals surface area contributed by atoms with Crippen LogP contribution in [0.25, 0.3) is 5.69 Å². The maximum atomic E-state index is 11.7. The normalized spacial score (nSPS) is 18.5. The molecular weight excluding hydrogens is 218 g/mol. The number of hydrogen-bond donors (Lipinski definition) is 0. The van der Waals surface area contributed by atoms with Gasteiger partial charge in [0.05, 0.1) is 11.4 Å². The van der Waals surface area contributed by atoms with Crippen molar-refractivity contribution >= 4 is 5.69 Å². The minimum absolute atomic E-state index is 0.152. The summed E-state index contributed by atoms with van der Waals surface area (Å²) in [4.78, 5) is 13.9. The van der Waals surface area contributed by atoms with E-state index >= 15 is 0 Å². The Morgan fingerprint density at radius 3 is 2.82 bits per heavy atom. The van der Waals surface area contributed by atoms with Crippen molar-refractivity contribution in [2.75, 3.05) is 18.5 Å². The lowest BCUT2D eigenvalue weighted by Gasteiger charge is -2.20. The molecule has 1 aromatic heterocycles. The van der Waals surface area contributed by atoms with E-state index in [1.807, 2.05) is 38.2 Å². The molecule has 1 unspecified atom stereocenters. The summed E-state index contributed by atoms with van der Waals surface area (Å²) in [5, 5.41) is 3.88. The summed E-state index contributed by atoms with van der Waals surface area (Å²) in [5.74, 6) is 0.417. The van der Waals surface area contributed by atoms with Gasteiger partial charge in [-0.25, -0.2) is 9.36 Å². The molecule has 2 heterocycles. The first-order valence-electron chi connectivity index (χ1n) is 5.57. The van der Waals surface area contributed by atoms with Gasteiger partial charge in [-0.15, -0.1) is 0 Å². The molecule has 0 saturated heterocycles. The first-order valence-corrected chi connectivity index (χ1v) is 5.57. The molecule has 17 heavy (non-hydrogen) atoms. The zero-order valence-corrected chi connectivity index (χ0v) is 9.75. The molecule has 3 rings (SSSR count). The number of likely N-dealkylation sites (N-methyl/N-ethyl adjacent to an activating group) is 1. The van der Waals surface area contributed by atoms with E-state index in [1.165, 1.54) is 0 Å². The molecule has 0 spiro atoms. The highest BCUT2D eigenvalue weighted by Gasteiger charge is 2.26. The van der Waals surface area contributed by atoms with Gasteiger partial charge in [-0.3, -0.25) is 4.52 Å². The fourth-order valence-electron chi connectivity index (χ4n) is 2.36. The lowest BCUT2D eigenvalue weighted by Crippen LogP contribution is -2.21. The van der Waals surface area contributed by atoms with Crippen molar-refractivity contribution in [3.63, 3.8) is 0 Å². The van der Waals surface area contributed by atoms with Gasteiger partial charge in [-0.1, -0.05) is 24.2 Å². The predicted octanol–water partition coefficient (Wildman–Crippen LogP) is 1.38. The van der Waals surface area contributed by atoms with Crippen LogP contribution in [0.4, 0.5) is 5.69 Å². The molecule has 5 heteroatoms. The van der Waals surface area contributed by atoms with Crippen LogP contribution in [0.5, 0.6) is 0 Å². The third-order valence-corrected chi connectivity index (χ3v) is 3.15. The lowest BCUT2D eigenvalue weighted by molar-refractivity contribution is 0.375. The summed E-state index contributed by atoms with van der Waals surface area (Å²) in [6.07, 6.45) is 0. The Balaban J connectivity index is 2.36. The monoisotopic (exact) mass is 231 g/mol. The van der Waals surface area contributed by atoms with Crippen molar-refractivity contribution < 1.29 is 4.52 Å². The summed E-state index contributed by atoms with van der Waals surface area (Å²) in [6.45, 7) is 2.85. The summed E-state index contributed by atoms with van der Waals surface area (Å²) < 4.78 is 6.33. The fourth-order valence-corrected chi connectivity index (χ4v) is 2.36. The van der Waals surface area contributed by atoms with Gasteiger partial charge in [0.25, 0.3) is 0 Å². The number of hydrogen-bond acceptors (Lipinski definition) is 4. The first kappa shape index (κ1) is 10.1. The van der Waals surface area contributed by atoms with Gasteiger partial charge >= 0.3 is 5.76 Å². The third kappa shape index (κ3) is 1.39. The Bertz CT molecular complexity index is 614. The highest BCUT2D eigenvalue weighted by atomic mass is 16.5. The summed E-state index contributed by atoms with van der Waals surface area (Å²) in [7, 11) is 2.02. The third-order valence-electron chi connectivity index (χ3n) is 3.15. The Morgan fingerprint density at radius 1 is 1.35 bits per heavy atom. The number of fused-ring (bicyclic) bond motifs is 3. The Kier molecular flexibility index (Phi) is 2.07. The van der Waals surface area contributed by atoms with Crippen molar-refractivity contribution in [3.05, 3.63) is 40.6 Å². The van der Waals surface area contributed by atoms with Crippen LogP contribution < -0.4 is 10.7 Å². The van der Waals surface area contributed by atoms with Crippen LogP contribution in [0.15, 0.2) is 33.6 Å². The summed E-state index contributed by atoms with van der Waals surface area (Å²) >= 11 is 0. The maximum Gasteiger partial charge on any atom is 0.446 e. The van der Waals surface area contributed by atoms with E-state index < -0.39 is 5.76 Å². The minimum Gasteiger partial charge on any atom is -0.372 e. The largest absolute Gasteiger partial charge is 0.446 e. The van der Waals surface area contributed by atoms with Gasteiger partial charge in [0.15, 0.2) is 5.82 Å². The van der Waals surface area contributed by atoms with Crippen LogP contribution in [-0.4, -0.2) is 23.3 Å². The van der Waals surface area contributed by atoms with Crippen LogP contribution in [0, 0.1) is 0 Å². The van der Waals surface area contributed by atoms with Gasteiger partial charge in [0.2, 0.25) is 0 Å². The number of rotatable bonds is 0. The topological polar surface area (TPSA) is 51.3 Å². The van der Waals surface area contributed by atoms with E-state index in [2.05, 4.69) is 10.1 Å². The SMILES string of the molecule is CC1CN(C)c2ccccc2-n2c1noc2=O. The van der Waals surface area contributed by atoms with E-state index in [0.29, 0.717) is 5.82 Å². The van der Waals surface area contributed by atoms with Crippen molar-refractivity contribution in [3.8, 4) is 5.69 Å². The highest BCUT2D eigenvalue weighted by Crippen LogP contribution is 2.30. The van der Waals surface area contributed by atoms with Crippen LogP contribution in [0.2, 0.25) is 0 Å². The number of aromatic nitrogens is 2. The van der Waals surface area contributed by atoms with Gasteiger partial charge < -0.3 is 4.90 Å². The summed E-state index contributed by atoms with van der Waals surface area (Å²) in [6, 6.07) is 7.78. The van der Waals surface area contributed by atoms with Crippen molar-refractivity contribution in [1.29, 1.82) is 0 Å². The molecule has 0 radical (unpaired) electrons. The van der Waals surface area contributed by atoms with Gasteiger partial charge in [0, 0.05) is 19.5 Å². The van der Waals surface area contributed by atoms with Crippen molar-refractivity contribution in [2.24, 2.45) is 0 Å². The quantitative estimate of drug-likeness (QED) is 0.687. The predicted molar refractivity (Wildman–Crippen MR) is 63.8 cm³/mol. The highest BCUT2D eigenvalue weighted by molar-refractivity contribution is 5.63. The number of anilines is 1. The molecule has 1 aromatic carbocycles. The molecule has 2 aromatic rings. The Hall–Kier alpha value is -2.04. The summed E-state index contributed by atoms with van der Waals surface area (Å²) in [5.41, 5.74) is 1.85. The lowest BCUT2D eigenvalue weighted by atomic mass is 10.1. The zero-order valence-electron chi connectivity index (χ0n) is 9.75. The second-order valence-electron chi connectivity index (χ2n) is 4.41. The molecule has 0 amide bonds. The molecule has 1 atom stereocenters. The van der Waals surface area contributed by atoms with E-state index in [4.69, 9.17) is 4.52 Å². The Labute approximate surface area is 98.3 Å². The van der Waals surface area contributed by atoms with E-state index in [0.717, 1.165) is 17.9 Å². The molecule has 1 aliphatic heterocycles. The van der Waals surface area contributed by atoms with Gasteiger partial charge in [-0.05, 0) is 12.1 Å². The molecule has 0 fully saturated rings. The van der Waals surface area contributed by atoms with Crippen LogP contribution in [0.1, 0.15) is 18.7 Å². The molecule has 1 aliphatic rings. The molecule has 88 valence electrons. The van der Waals surface area contributed by atoms with Crippen molar-refractivity contribution in [1.82, 2.24) is 9.72 Å². The first-order chi connectivity index (χ1) is 8.18. The Morgan fingerprint density at radius 2 is 2.06 bits per heavy atom. The van der Waals surface area contributed by atoms with Crippen LogP contribution in [-0.2, 0) is 0 Å². The fraction of sp³-hybridized carbons (Fsp3) is 0.333. The van der Waals surface area contributed by atoms with Gasteiger partial charge in [-0.2, -0.15) is 0 Å². The van der Waals surface area contributed by atoms with Crippen LogP contribution >= 0.6 is 0 Å². The molecule has 0 N–H and O–H groups in total. The molecular formula is C12H13N3O2. The van der Waals surface area contributed by atoms with E-state index in [1.54, 1.807) is 4.57 Å². The average molecular weight is 231 g/mol. The van der Waals surface area contributed by atoms with Crippen LogP contribution in [0.3, 0.4) is 0 Å². The van der Waals surface area contributed by atoms with Gasteiger partial charge in [0.1, 0.15) is 0 Å². The second kappa shape index (κ2) is 3.48. The molecule has 0 bridgehead atoms. The van der Waals surface area contributed by atoms with Crippen molar-refractivity contribution in [2.45, 2.75) is 12.8 Å². The standard InChI is InChI=1S/C12H13N3O2/c1-8-7-14(2)9-5-3-4-6-10(9)15-11(8)13-17-12(15)16/h3-6,8H,7H2,1-2H3. The zero-order chi connectivity index (χ0) is 12.0. The van der Waals surface area contributed by atoms with E-state index in [9.17, 15) is 4.79 Å². The average Bonchev–Trinajstić information content (AvgIpc) is 2.66. The smallest absolute Gasteiger partial charge is 0.372 e.